The molecular weight excluding hydrogens is 392 g/mol. The van der Waals surface area contributed by atoms with E-state index < -0.39 is 17.9 Å². The van der Waals surface area contributed by atoms with Crippen molar-refractivity contribution in [3.63, 3.8) is 0 Å². The van der Waals surface area contributed by atoms with Gasteiger partial charge in [0.15, 0.2) is 11.9 Å². The molecule has 0 saturated carbocycles. The van der Waals surface area contributed by atoms with E-state index >= 15 is 0 Å². The summed E-state index contributed by atoms with van der Waals surface area (Å²) in [5.74, 6) is -1.18. The number of aryl methyl sites for hydroxylation is 1. The van der Waals surface area contributed by atoms with E-state index in [1.807, 2.05) is 12.1 Å². The molecular formula is C21H22N2O5S. The predicted molar refractivity (Wildman–Crippen MR) is 110 cm³/mol. The van der Waals surface area contributed by atoms with Gasteiger partial charge in [0.25, 0.3) is 0 Å². The summed E-state index contributed by atoms with van der Waals surface area (Å²) in [6, 6.07) is 7.33. The zero-order valence-corrected chi connectivity index (χ0v) is 17.5. The number of thioether (sulfide) groups is 1. The highest BCUT2D eigenvalue weighted by Gasteiger charge is 2.30. The van der Waals surface area contributed by atoms with Crippen molar-refractivity contribution >= 4 is 40.9 Å². The minimum Gasteiger partial charge on any atom is -0.453 e. The van der Waals surface area contributed by atoms with Crippen LogP contribution in [0, 0.1) is 13.8 Å². The summed E-state index contributed by atoms with van der Waals surface area (Å²) in [6.45, 7) is 6.05. The van der Waals surface area contributed by atoms with Gasteiger partial charge >= 0.3 is 5.97 Å². The lowest BCUT2D eigenvalue weighted by molar-refractivity contribution is -0.145. The molecule has 1 amide bonds. The molecule has 2 heterocycles. The fraction of sp³-hybridized carbons (Fsp3) is 0.333. The number of carbonyl (C=O) groups excluding carboxylic acids is 4. The van der Waals surface area contributed by atoms with Crippen LogP contribution in [-0.2, 0) is 14.3 Å². The van der Waals surface area contributed by atoms with Crippen molar-refractivity contribution in [1.82, 2.24) is 4.98 Å². The summed E-state index contributed by atoms with van der Waals surface area (Å²) < 4.78 is 5.30. The molecule has 0 bridgehead atoms. The van der Waals surface area contributed by atoms with Crippen LogP contribution in [-0.4, -0.2) is 46.8 Å². The van der Waals surface area contributed by atoms with Gasteiger partial charge in [0.05, 0.1) is 17.1 Å². The molecule has 0 saturated heterocycles. The Morgan fingerprint density at radius 1 is 1.24 bits per heavy atom. The highest BCUT2D eigenvalue weighted by molar-refractivity contribution is 8.00. The maximum atomic E-state index is 12.7. The van der Waals surface area contributed by atoms with Gasteiger partial charge in [-0.05, 0) is 45.4 Å². The first-order valence-electron chi connectivity index (χ1n) is 9.16. The van der Waals surface area contributed by atoms with E-state index in [4.69, 9.17) is 4.74 Å². The van der Waals surface area contributed by atoms with Crippen molar-refractivity contribution in [3.05, 3.63) is 46.8 Å². The van der Waals surface area contributed by atoms with E-state index in [0.29, 0.717) is 22.5 Å². The molecule has 3 rings (SSSR count). The number of aromatic amines is 1. The van der Waals surface area contributed by atoms with Crippen LogP contribution in [0.25, 0.3) is 0 Å². The second-order valence-electron chi connectivity index (χ2n) is 6.91. The molecule has 8 heteroatoms. The lowest BCUT2D eigenvalue weighted by Gasteiger charge is -2.28. The lowest BCUT2D eigenvalue weighted by atomic mass is 10.0. The zero-order chi connectivity index (χ0) is 21.3. The average Bonchev–Trinajstić information content (AvgIpc) is 2.97. The normalized spacial score (nSPS) is 14.3. The van der Waals surface area contributed by atoms with Gasteiger partial charge in [0.2, 0.25) is 11.7 Å². The van der Waals surface area contributed by atoms with E-state index in [2.05, 4.69) is 4.98 Å². The number of Topliss-reactive ketones (excluding diaryl/α,β-unsaturated/α-hetero) is 2. The third-order valence-electron chi connectivity index (χ3n) is 4.81. The monoisotopic (exact) mass is 414 g/mol. The summed E-state index contributed by atoms with van der Waals surface area (Å²) in [7, 11) is 0. The minimum absolute atomic E-state index is 0.139. The summed E-state index contributed by atoms with van der Waals surface area (Å²) in [6.07, 6.45) is -1.05. The van der Waals surface area contributed by atoms with Crippen LogP contribution < -0.4 is 4.90 Å². The number of ketones is 2. The summed E-state index contributed by atoms with van der Waals surface area (Å²) in [4.78, 5) is 54.4. The van der Waals surface area contributed by atoms with Crippen LogP contribution in [0.15, 0.2) is 29.2 Å². The number of para-hydroxylation sites is 1. The SMILES string of the molecule is CC(=O)c1c(C)[nH]c(C(=O)[C@@H](C)OC(=O)CN2C(=O)CSc3ccccc32)c1C. The smallest absolute Gasteiger partial charge is 0.326 e. The number of nitrogens with zero attached hydrogens (tertiary/aromatic N) is 1. The molecule has 0 spiro atoms. The fourth-order valence-corrected chi connectivity index (χ4v) is 4.41. The zero-order valence-electron chi connectivity index (χ0n) is 16.7. The van der Waals surface area contributed by atoms with Crippen molar-refractivity contribution in [2.45, 2.75) is 38.7 Å². The lowest BCUT2D eigenvalue weighted by Crippen LogP contribution is -2.41. The van der Waals surface area contributed by atoms with E-state index in [0.717, 1.165) is 4.90 Å². The quantitative estimate of drug-likeness (QED) is 0.576. The second-order valence-corrected chi connectivity index (χ2v) is 7.93. The molecule has 0 aliphatic carbocycles. The molecule has 2 aromatic rings. The van der Waals surface area contributed by atoms with Crippen molar-refractivity contribution in [2.24, 2.45) is 0 Å². The van der Waals surface area contributed by atoms with E-state index in [1.165, 1.54) is 30.5 Å². The first kappa shape index (κ1) is 20.9. The van der Waals surface area contributed by atoms with Crippen molar-refractivity contribution in [2.75, 3.05) is 17.2 Å². The maximum Gasteiger partial charge on any atom is 0.326 e. The number of aromatic nitrogens is 1. The number of H-pyrrole nitrogens is 1. The van der Waals surface area contributed by atoms with Gasteiger partial charge in [-0.15, -0.1) is 11.8 Å². The molecule has 1 aliphatic heterocycles. The van der Waals surface area contributed by atoms with Gasteiger partial charge in [-0.2, -0.15) is 0 Å². The second kappa shape index (κ2) is 8.24. The number of benzene rings is 1. The Hall–Kier alpha value is -2.87. The number of hydrogen-bond donors (Lipinski definition) is 1. The van der Waals surface area contributed by atoms with Crippen molar-refractivity contribution < 1.29 is 23.9 Å². The number of amides is 1. The van der Waals surface area contributed by atoms with Crippen LogP contribution in [0.4, 0.5) is 5.69 Å². The highest BCUT2D eigenvalue weighted by Crippen LogP contribution is 2.34. The fourth-order valence-electron chi connectivity index (χ4n) is 3.47. The molecule has 1 N–H and O–H groups in total. The third-order valence-corrected chi connectivity index (χ3v) is 5.86. The van der Waals surface area contributed by atoms with Crippen molar-refractivity contribution in [3.8, 4) is 0 Å². The molecule has 152 valence electrons. The first-order valence-corrected chi connectivity index (χ1v) is 10.1. The Labute approximate surface area is 172 Å². The van der Waals surface area contributed by atoms with Gasteiger partial charge in [0, 0.05) is 16.2 Å². The Morgan fingerprint density at radius 3 is 2.59 bits per heavy atom. The Balaban J connectivity index is 1.72. The summed E-state index contributed by atoms with van der Waals surface area (Å²) in [5, 5.41) is 0. The molecule has 1 atom stereocenters. The van der Waals surface area contributed by atoms with Gasteiger partial charge in [-0.25, -0.2) is 0 Å². The van der Waals surface area contributed by atoms with Crippen molar-refractivity contribution in [1.29, 1.82) is 0 Å². The average molecular weight is 414 g/mol. The molecule has 1 aromatic heterocycles. The minimum atomic E-state index is -1.05. The Kier molecular flexibility index (Phi) is 5.93. The molecule has 1 aromatic carbocycles. The number of hydrogen-bond acceptors (Lipinski definition) is 6. The highest BCUT2D eigenvalue weighted by atomic mass is 32.2. The number of rotatable bonds is 6. The number of anilines is 1. The first-order chi connectivity index (χ1) is 13.7. The number of ether oxygens (including phenoxy) is 1. The van der Waals surface area contributed by atoms with E-state index in [9.17, 15) is 19.2 Å². The predicted octanol–water partition coefficient (Wildman–Crippen LogP) is 3.09. The van der Waals surface area contributed by atoms with Crippen LogP contribution in [0.1, 0.15) is 46.0 Å². The van der Waals surface area contributed by atoms with Gasteiger partial charge in [-0.1, -0.05) is 12.1 Å². The van der Waals surface area contributed by atoms with Gasteiger partial charge in [0.1, 0.15) is 6.54 Å². The molecule has 0 unspecified atom stereocenters. The molecule has 29 heavy (non-hydrogen) atoms. The largest absolute Gasteiger partial charge is 0.453 e. The van der Waals surface area contributed by atoms with Crippen LogP contribution in [0.5, 0.6) is 0 Å². The number of fused-ring (bicyclic) bond motifs is 1. The summed E-state index contributed by atoms with van der Waals surface area (Å²) in [5.41, 5.74) is 2.53. The maximum absolute atomic E-state index is 12.7. The van der Waals surface area contributed by atoms with Crippen LogP contribution in [0.3, 0.4) is 0 Å². The molecule has 0 radical (unpaired) electrons. The molecule has 1 aliphatic rings. The van der Waals surface area contributed by atoms with Gasteiger partial charge < -0.3 is 9.72 Å². The standard InChI is InChI=1S/C21H22N2O5S/c1-11-19(13(3)24)12(2)22-20(11)21(27)14(4)28-18(26)9-23-15-7-5-6-8-16(15)29-10-17(23)25/h5-8,14,22H,9-10H2,1-4H3/t14-/m1/s1. The number of carbonyl (C=O) groups is 4. The van der Waals surface area contributed by atoms with Crippen LogP contribution in [0.2, 0.25) is 0 Å². The number of esters is 1. The van der Waals surface area contributed by atoms with Crippen LogP contribution >= 0.6 is 11.8 Å². The van der Waals surface area contributed by atoms with E-state index in [1.54, 1.807) is 26.0 Å². The molecule has 7 nitrogen and oxygen atoms in total. The van der Waals surface area contributed by atoms with Gasteiger partial charge in [-0.3, -0.25) is 24.1 Å². The molecule has 0 fully saturated rings. The van der Waals surface area contributed by atoms with E-state index in [-0.39, 0.29) is 29.7 Å². The Morgan fingerprint density at radius 2 is 1.93 bits per heavy atom. The summed E-state index contributed by atoms with van der Waals surface area (Å²) >= 11 is 1.42. The third kappa shape index (κ3) is 4.12. The number of nitrogens with one attached hydrogen (secondary N) is 1. The Bertz CT molecular complexity index is 1010. The topological polar surface area (TPSA) is 96.5 Å².